The zero-order valence-corrected chi connectivity index (χ0v) is 14.1. The summed E-state index contributed by atoms with van der Waals surface area (Å²) in [4.78, 5) is 12.6. The second kappa shape index (κ2) is 5.62. The van der Waals surface area contributed by atoms with Gasteiger partial charge in [0, 0.05) is 7.11 Å². The van der Waals surface area contributed by atoms with E-state index in [0.29, 0.717) is 5.56 Å². The highest BCUT2D eigenvalue weighted by atomic mass is 16.6. The molecule has 0 aliphatic heterocycles. The zero-order chi connectivity index (χ0) is 16.0. The molecule has 4 aliphatic carbocycles. The van der Waals surface area contributed by atoms with Crippen molar-refractivity contribution in [3.05, 3.63) is 35.4 Å². The Kier molecular flexibility index (Phi) is 3.72. The number of rotatable bonds is 5. The number of esters is 1. The van der Waals surface area contributed by atoms with E-state index in [1.54, 1.807) is 7.11 Å². The lowest BCUT2D eigenvalue weighted by atomic mass is 9.78. The first-order chi connectivity index (χ1) is 11.1. The number of benzene rings is 1. The van der Waals surface area contributed by atoms with E-state index < -0.39 is 0 Å². The van der Waals surface area contributed by atoms with Crippen molar-refractivity contribution in [3.63, 3.8) is 0 Å². The maximum Gasteiger partial charge on any atom is 0.338 e. The summed E-state index contributed by atoms with van der Waals surface area (Å²) in [6, 6.07) is 7.74. The smallest absolute Gasteiger partial charge is 0.338 e. The van der Waals surface area contributed by atoms with Gasteiger partial charge in [0.15, 0.2) is 0 Å². The third kappa shape index (κ3) is 2.59. The largest absolute Gasteiger partial charge is 0.455 e. The molecular formula is C20H26O3. The molecule has 0 radical (unpaired) electrons. The van der Waals surface area contributed by atoms with Gasteiger partial charge < -0.3 is 9.47 Å². The van der Waals surface area contributed by atoms with Crippen LogP contribution in [-0.2, 0) is 9.47 Å². The molecule has 3 nitrogen and oxygen atoms in total. The second-order valence-electron chi connectivity index (χ2n) is 7.80. The van der Waals surface area contributed by atoms with Gasteiger partial charge in [-0.2, -0.15) is 0 Å². The monoisotopic (exact) mass is 314 g/mol. The lowest BCUT2D eigenvalue weighted by Crippen LogP contribution is -2.38. The molecule has 4 saturated carbocycles. The van der Waals surface area contributed by atoms with Crippen molar-refractivity contribution in [2.24, 2.45) is 17.8 Å². The molecule has 23 heavy (non-hydrogen) atoms. The number of carbonyl (C=O) groups is 1. The Morgan fingerprint density at radius 1 is 1.17 bits per heavy atom. The maximum absolute atomic E-state index is 12.6. The highest BCUT2D eigenvalue weighted by Gasteiger charge is 2.58. The summed E-state index contributed by atoms with van der Waals surface area (Å²) >= 11 is 0. The van der Waals surface area contributed by atoms with Crippen molar-refractivity contribution in [2.45, 2.75) is 57.2 Å². The Morgan fingerprint density at radius 2 is 1.83 bits per heavy atom. The van der Waals surface area contributed by atoms with E-state index in [-0.39, 0.29) is 17.7 Å². The lowest BCUT2D eigenvalue weighted by Gasteiger charge is -2.37. The molecule has 4 bridgehead atoms. The normalized spacial score (nSPS) is 35.5. The molecule has 0 saturated heterocycles. The summed E-state index contributed by atoms with van der Waals surface area (Å²) in [7, 11) is 1.72. The molecule has 0 spiro atoms. The van der Waals surface area contributed by atoms with Crippen molar-refractivity contribution in [1.82, 2.24) is 0 Å². The number of methoxy groups -OCH3 is 1. The Balaban J connectivity index is 1.45. The molecule has 3 unspecified atom stereocenters. The molecule has 4 fully saturated rings. The fraction of sp³-hybridized carbons (Fsp3) is 0.650. The third-order valence-corrected chi connectivity index (χ3v) is 6.35. The standard InChI is InChI=1S/C20H26O3/c1-3-18(22-2)14-4-6-15(7-5-14)19(21)23-20-10-13-8-16(11-20)17(9-13)12-20/h4-7,13,16-18H,3,8-12H2,1-2H3. The quantitative estimate of drug-likeness (QED) is 0.750. The number of hydrogen-bond acceptors (Lipinski definition) is 3. The highest BCUT2D eigenvalue weighted by Crippen LogP contribution is 2.61. The topological polar surface area (TPSA) is 35.5 Å². The average molecular weight is 314 g/mol. The fourth-order valence-electron chi connectivity index (χ4n) is 5.49. The van der Waals surface area contributed by atoms with Crippen LogP contribution in [0.2, 0.25) is 0 Å². The summed E-state index contributed by atoms with van der Waals surface area (Å²) in [5.74, 6) is 2.28. The average Bonchev–Trinajstić information content (AvgIpc) is 2.95. The molecule has 0 N–H and O–H groups in total. The summed E-state index contributed by atoms with van der Waals surface area (Å²) in [6.07, 6.45) is 7.04. The Bertz CT molecular complexity index is 568. The summed E-state index contributed by atoms with van der Waals surface area (Å²) in [6.45, 7) is 2.10. The van der Waals surface area contributed by atoms with Crippen molar-refractivity contribution < 1.29 is 14.3 Å². The van der Waals surface area contributed by atoms with Crippen LogP contribution in [0.15, 0.2) is 24.3 Å². The van der Waals surface area contributed by atoms with Gasteiger partial charge >= 0.3 is 5.97 Å². The van der Waals surface area contributed by atoms with E-state index in [1.807, 2.05) is 24.3 Å². The van der Waals surface area contributed by atoms with Crippen LogP contribution in [0.5, 0.6) is 0 Å². The first-order valence-corrected chi connectivity index (χ1v) is 8.98. The van der Waals surface area contributed by atoms with Crippen molar-refractivity contribution in [2.75, 3.05) is 7.11 Å². The van der Waals surface area contributed by atoms with Gasteiger partial charge in [0.2, 0.25) is 0 Å². The van der Waals surface area contributed by atoms with Crippen molar-refractivity contribution in [3.8, 4) is 0 Å². The SMILES string of the molecule is CCC(OC)c1ccc(C(=O)OC23CC4CC(C2)C(C4)C3)cc1. The van der Waals surface area contributed by atoms with Gasteiger partial charge in [-0.1, -0.05) is 19.1 Å². The molecule has 1 aromatic rings. The van der Waals surface area contributed by atoms with Crippen LogP contribution in [0.25, 0.3) is 0 Å². The molecule has 1 aromatic carbocycles. The lowest BCUT2D eigenvalue weighted by molar-refractivity contribution is -0.0460. The number of hydrogen-bond donors (Lipinski definition) is 0. The molecule has 5 rings (SSSR count). The summed E-state index contributed by atoms with van der Waals surface area (Å²) in [5.41, 5.74) is 1.63. The molecule has 3 heteroatoms. The molecule has 124 valence electrons. The van der Waals surface area contributed by atoms with Crippen LogP contribution in [-0.4, -0.2) is 18.7 Å². The number of carbonyl (C=O) groups excluding carboxylic acids is 1. The Hall–Kier alpha value is -1.35. The zero-order valence-electron chi connectivity index (χ0n) is 14.1. The predicted octanol–water partition coefficient (Wildman–Crippen LogP) is 4.52. The Morgan fingerprint density at radius 3 is 2.35 bits per heavy atom. The van der Waals surface area contributed by atoms with Crippen LogP contribution in [0, 0.1) is 17.8 Å². The van der Waals surface area contributed by atoms with Gasteiger partial charge in [-0.15, -0.1) is 0 Å². The third-order valence-electron chi connectivity index (χ3n) is 6.35. The molecule has 4 aliphatic rings. The molecule has 0 aromatic heterocycles. The van der Waals surface area contributed by atoms with Gasteiger partial charge in [0.05, 0.1) is 11.7 Å². The van der Waals surface area contributed by atoms with Crippen LogP contribution in [0.4, 0.5) is 0 Å². The van der Waals surface area contributed by atoms with E-state index in [4.69, 9.17) is 9.47 Å². The summed E-state index contributed by atoms with van der Waals surface area (Å²) in [5, 5.41) is 0. The summed E-state index contributed by atoms with van der Waals surface area (Å²) < 4.78 is 11.5. The second-order valence-corrected chi connectivity index (χ2v) is 7.80. The Labute approximate surface area is 138 Å². The number of ether oxygens (including phenoxy) is 2. The minimum Gasteiger partial charge on any atom is -0.455 e. The van der Waals surface area contributed by atoms with Gasteiger partial charge in [-0.3, -0.25) is 0 Å². The van der Waals surface area contributed by atoms with Crippen molar-refractivity contribution in [1.29, 1.82) is 0 Å². The van der Waals surface area contributed by atoms with E-state index in [1.165, 1.54) is 12.8 Å². The van der Waals surface area contributed by atoms with E-state index in [2.05, 4.69) is 6.92 Å². The molecule has 3 atom stereocenters. The molecular weight excluding hydrogens is 288 g/mol. The van der Waals surface area contributed by atoms with Crippen LogP contribution < -0.4 is 0 Å². The van der Waals surface area contributed by atoms with E-state index >= 15 is 0 Å². The minimum atomic E-state index is -0.149. The van der Waals surface area contributed by atoms with Crippen LogP contribution in [0.3, 0.4) is 0 Å². The van der Waals surface area contributed by atoms with Gasteiger partial charge in [0.25, 0.3) is 0 Å². The van der Waals surface area contributed by atoms with E-state index in [9.17, 15) is 4.79 Å². The van der Waals surface area contributed by atoms with E-state index in [0.717, 1.165) is 49.0 Å². The van der Waals surface area contributed by atoms with Crippen LogP contribution in [0.1, 0.15) is 67.5 Å². The highest BCUT2D eigenvalue weighted by molar-refractivity contribution is 5.89. The predicted molar refractivity (Wildman–Crippen MR) is 88.2 cm³/mol. The van der Waals surface area contributed by atoms with Crippen LogP contribution >= 0.6 is 0 Å². The first kappa shape index (κ1) is 15.2. The van der Waals surface area contributed by atoms with Crippen molar-refractivity contribution >= 4 is 5.97 Å². The van der Waals surface area contributed by atoms with Gasteiger partial charge in [0.1, 0.15) is 5.60 Å². The maximum atomic E-state index is 12.6. The molecule has 0 heterocycles. The fourth-order valence-corrected chi connectivity index (χ4v) is 5.49. The minimum absolute atomic E-state index is 0.0970. The van der Waals surface area contributed by atoms with Gasteiger partial charge in [-0.25, -0.2) is 4.79 Å². The molecule has 0 amide bonds. The van der Waals surface area contributed by atoms with Gasteiger partial charge in [-0.05, 0) is 74.0 Å². The first-order valence-electron chi connectivity index (χ1n) is 8.98.